The van der Waals surface area contributed by atoms with Gasteiger partial charge in [-0.05, 0) is 117 Å². The van der Waals surface area contributed by atoms with Crippen molar-refractivity contribution in [3.05, 3.63) is 11.6 Å². The van der Waals surface area contributed by atoms with Crippen LogP contribution >= 0.6 is 0 Å². The van der Waals surface area contributed by atoms with Gasteiger partial charge in [-0.3, -0.25) is 14.4 Å². The second-order valence-electron chi connectivity index (χ2n) is 18.9. The maximum atomic E-state index is 12.7. The van der Waals surface area contributed by atoms with Crippen molar-refractivity contribution in [2.24, 2.45) is 46.3 Å². The molecule has 4 aliphatic carbocycles. The highest BCUT2D eigenvalue weighted by molar-refractivity contribution is 6.05. The van der Waals surface area contributed by atoms with E-state index in [1.807, 2.05) is 0 Å². The number of nitrogens with one attached hydrogen (secondary N) is 1. The van der Waals surface area contributed by atoms with Gasteiger partial charge in [-0.25, -0.2) is 4.79 Å². The Kier molecular flexibility index (Phi) is 14.9. The first-order chi connectivity index (χ1) is 24.9. The summed E-state index contributed by atoms with van der Waals surface area (Å²) >= 11 is 0. The van der Waals surface area contributed by atoms with Crippen LogP contribution < -0.4 is 5.32 Å². The second kappa shape index (κ2) is 18.9. The van der Waals surface area contributed by atoms with Gasteiger partial charge in [0.05, 0.1) is 13.0 Å². The standard InChI is InChI=1S/C45H74N2O5/c1-32(2)15-14-16-33(3)39-21-22-40-38-20-19-34-29-37(23-25-44(34,4)41(38)24-26-45(39,40)5)52-43(51)46-27-12-8-6-7-10-17-35(48)18-11-9-13-28-47-31-36(49)30-42(47)50/h19,32-33,37-41H,6-18,20-31H2,1-5H3,(H,46,51)/t33-,37+,38?,39-,40?,41?,44+,45-/m1/s1. The third-order valence-electron chi connectivity index (χ3n) is 14.9. The molecule has 8 atom stereocenters. The fourth-order valence-corrected chi connectivity index (χ4v) is 11.9. The lowest BCUT2D eigenvalue weighted by Gasteiger charge is -2.58. The fourth-order valence-electron chi connectivity index (χ4n) is 11.9. The number of fused-ring (bicyclic) bond motifs is 5. The topological polar surface area (TPSA) is 92.8 Å². The molecule has 7 heteroatoms. The number of ketones is 2. The van der Waals surface area contributed by atoms with Crippen molar-refractivity contribution in [3.63, 3.8) is 0 Å². The minimum absolute atomic E-state index is 0.00947. The summed E-state index contributed by atoms with van der Waals surface area (Å²) in [6.45, 7) is 14.1. The van der Waals surface area contributed by atoms with Gasteiger partial charge in [0, 0.05) is 32.4 Å². The van der Waals surface area contributed by atoms with Gasteiger partial charge in [-0.2, -0.15) is 0 Å². The molecule has 5 rings (SSSR count). The number of amides is 2. The summed E-state index contributed by atoms with van der Waals surface area (Å²) in [6, 6.07) is 0. The van der Waals surface area contributed by atoms with Gasteiger partial charge in [-0.1, -0.05) is 91.2 Å². The quantitative estimate of drug-likeness (QED) is 0.0767. The van der Waals surface area contributed by atoms with Crippen molar-refractivity contribution < 1.29 is 23.9 Å². The molecule has 5 aliphatic rings. The van der Waals surface area contributed by atoms with Gasteiger partial charge >= 0.3 is 6.09 Å². The molecular formula is C45H74N2O5. The molecule has 3 saturated carbocycles. The molecular weight excluding hydrogens is 649 g/mol. The number of hydrogen-bond donors (Lipinski definition) is 1. The van der Waals surface area contributed by atoms with Gasteiger partial charge in [0.25, 0.3) is 0 Å². The number of alkyl carbamates (subject to hydrolysis) is 1. The lowest BCUT2D eigenvalue weighted by molar-refractivity contribution is -0.128. The zero-order valence-corrected chi connectivity index (χ0v) is 33.8. The van der Waals surface area contributed by atoms with E-state index in [0.29, 0.717) is 37.1 Å². The van der Waals surface area contributed by atoms with E-state index in [0.717, 1.165) is 106 Å². The Bertz CT molecular complexity index is 1260. The average molecular weight is 723 g/mol. The predicted molar refractivity (Wildman–Crippen MR) is 209 cm³/mol. The summed E-state index contributed by atoms with van der Waals surface area (Å²) in [5.74, 6) is 5.32. The number of hydrogen-bond acceptors (Lipinski definition) is 5. The van der Waals surface area contributed by atoms with Gasteiger partial charge in [0.1, 0.15) is 11.9 Å². The Labute approximate surface area is 316 Å². The Balaban J connectivity index is 0.922. The number of rotatable bonds is 20. The van der Waals surface area contributed by atoms with Gasteiger partial charge in [-0.15, -0.1) is 0 Å². The third kappa shape index (κ3) is 10.3. The van der Waals surface area contributed by atoms with Gasteiger partial charge in [0.2, 0.25) is 5.91 Å². The van der Waals surface area contributed by atoms with Crippen LogP contribution in [0.15, 0.2) is 11.6 Å². The predicted octanol–water partition coefficient (Wildman–Crippen LogP) is 10.4. The van der Waals surface area contributed by atoms with Crippen LogP contribution in [0.1, 0.15) is 176 Å². The molecule has 1 heterocycles. The van der Waals surface area contributed by atoms with Gasteiger partial charge in [0.15, 0.2) is 5.78 Å². The van der Waals surface area contributed by atoms with Crippen molar-refractivity contribution >= 4 is 23.6 Å². The number of Topliss-reactive ketones (excluding diaryl/α,β-unsaturated/α-hetero) is 2. The first kappa shape index (κ1) is 41.0. The SMILES string of the molecule is CC(C)CCC[C@@H](C)[C@H]1CCC2C3CC=C4C[C@@H](OC(=O)NCCCCCCCC(=O)CCCCCN5CC(=O)CC5=O)CC[C@]4(C)C3CC[C@@]21C. The smallest absolute Gasteiger partial charge is 0.407 e. The molecule has 3 unspecified atom stereocenters. The highest BCUT2D eigenvalue weighted by Crippen LogP contribution is 2.67. The fraction of sp³-hybridized carbons (Fsp3) is 0.867. The van der Waals surface area contributed by atoms with Crippen molar-refractivity contribution in [1.82, 2.24) is 10.2 Å². The molecule has 294 valence electrons. The Morgan fingerprint density at radius 2 is 1.60 bits per heavy atom. The summed E-state index contributed by atoms with van der Waals surface area (Å²) < 4.78 is 5.99. The maximum absolute atomic E-state index is 12.7. The molecule has 52 heavy (non-hydrogen) atoms. The maximum Gasteiger partial charge on any atom is 0.407 e. The summed E-state index contributed by atoms with van der Waals surface area (Å²) in [6.07, 6.45) is 25.3. The van der Waals surface area contributed by atoms with E-state index in [1.54, 1.807) is 10.5 Å². The number of likely N-dealkylation sites (tertiary alicyclic amines) is 1. The summed E-state index contributed by atoms with van der Waals surface area (Å²) in [5.41, 5.74) is 2.36. The van der Waals surface area contributed by atoms with Crippen LogP contribution in [-0.2, 0) is 19.1 Å². The second-order valence-corrected chi connectivity index (χ2v) is 18.9. The first-order valence-corrected chi connectivity index (χ1v) is 21.9. The third-order valence-corrected chi connectivity index (χ3v) is 14.9. The van der Waals surface area contributed by atoms with Crippen molar-refractivity contribution in [2.45, 2.75) is 182 Å². The molecule has 0 aromatic rings. The Morgan fingerprint density at radius 1 is 0.865 bits per heavy atom. The van der Waals surface area contributed by atoms with Crippen LogP contribution in [0.5, 0.6) is 0 Å². The highest BCUT2D eigenvalue weighted by Gasteiger charge is 2.59. The average Bonchev–Trinajstić information content (AvgIpc) is 3.62. The number of unbranched alkanes of at least 4 members (excludes halogenated alkanes) is 6. The van der Waals surface area contributed by atoms with E-state index in [9.17, 15) is 19.2 Å². The molecule has 1 saturated heterocycles. The van der Waals surface area contributed by atoms with E-state index in [1.165, 1.54) is 51.4 Å². The molecule has 1 aliphatic heterocycles. The largest absolute Gasteiger partial charge is 0.446 e. The zero-order chi connectivity index (χ0) is 37.3. The molecule has 1 N–H and O–H groups in total. The molecule has 0 spiro atoms. The van der Waals surface area contributed by atoms with Gasteiger partial charge < -0.3 is 15.0 Å². The number of carbonyl (C=O) groups is 4. The molecule has 0 bridgehead atoms. The number of allylic oxidation sites excluding steroid dienone is 1. The Hall–Kier alpha value is -2.18. The van der Waals surface area contributed by atoms with Crippen molar-refractivity contribution in [2.75, 3.05) is 19.6 Å². The van der Waals surface area contributed by atoms with E-state index >= 15 is 0 Å². The Morgan fingerprint density at radius 3 is 2.33 bits per heavy atom. The number of nitrogens with zero attached hydrogens (tertiary/aromatic N) is 1. The van der Waals surface area contributed by atoms with Crippen LogP contribution in [0.2, 0.25) is 0 Å². The number of ether oxygens (including phenoxy) is 1. The van der Waals surface area contributed by atoms with Crippen LogP contribution in [0.25, 0.3) is 0 Å². The van der Waals surface area contributed by atoms with E-state index in [4.69, 9.17) is 4.74 Å². The monoisotopic (exact) mass is 723 g/mol. The summed E-state index contributed by atoms with van der Waals surface area (Å²) in [7, 11) is 0. The molecule has 4 fully saturated rings. The minimum atomic E-state index is -0.262. The van der Waals surface area contributed by atoms with Crippen LogP contribution in [0.4, 0.5) is 4.79 Å². The van der Waals surface area contributed by atoms with Crippen molar-refractivity contribution in [3.8, 4) is 0 Å². The normalized spacial score (nSPS) is 31.9. The first-order valence-electron chi connectivity index (χ1n) is 21.9. The molecule has 2 amide bonds. The van der Waals surface area contributed by atoms with E-state index in [-0.39, 0.29) is 42.3 Å². The zero-order valence-electron chi connectivity index (χ0n) is 33.8. The summed E-state index contributed by atoms with van der Waals surface area (Å²) in [5, 5.41) is 3.01. The molecule has 0 radical (unpaired) electrons. The van der Waals surface area contributed by atoms with Crippen LogP contribution in [0, 0.1) is 46.3 Å². The van der Waals surface area contributed by atoms with Crippen molar-refractivity contribution in [1.29, 1.82) is 0 Å². The number of carbonyl (C=O) groups excluding carboxylic acids is 4. The lowest BCUT2D eigenvalue weighted by atomic mass is 9.47. The molecule has 0 aromatic carbocycles. The molecule has 0 aromatic heterocycles. The van der Waals surface area contributed by atoms with E-state index < -0.39 is 0 Å². The molecule has 7 nitrogen and oxygen atoms in total. The van der Waals surface area contributed by atoms with Crippen LogP contribution in [0.3, 0.4) is 0 Å². The lowest BCUT2D eigenvalue weighted by Crippen LogP contribution is -2.51. The minimum Gasteiger partial charge on any atom is -0.446 e. The summed E-state index contributed by atoms with van der Waals surface area (Å²) in [4.78, 5) is 49.6. The van der Waals surface area contributed by atoms with E-state index in [2.05, 4.69) is 46.0 Å². The van der Waals surface area contributed by atoms with Crippen LogP contribution in [-0.4, -0.2) is 54.2 Å². The highest BCUT2D eigenvalue weighted by atomic mass is 16.6.